The monoisotopic (exact) mass is 419 g/mol. The zero-order chi connectivity index (χ0) is 19.9. The minimum atomic E-state index is -0.134. The number of rotatable bonds is 8. The number of methoxy groups -OCH3 is 2. The molecule has 3 rings (SSSR count). The molecule has 28 heavy (non-hydrogen) atoms. The van der Waals surface area contributed by atoms with Crippen molar-refractivity contribution in [2.75, 3.05) is 20.0 Å². The molecule has 146 valence electrons. The van der Waals surface area contributed by atoms with Crippen molar-refractivity contribution in [1.82, 2.24) is 25.5 Å². The molecule has 1 amide bonds. The topological polar surface area (TPSA) is 91.2 Å². The van der Waals surface area contributed by atoms with E-state index >= 15 is 0 Å². The number of benzene rings is 2. The Kier molecular flexibility index (Phi) is 6.72. The standard InChI is InChI=1S/C18H18ClN5O3S/c1-26-15-8-3-12(9-16(15)27-2)10-20-17(25)11-28-18-21-22-23-24(18)14-6-4-13(19)5-7-14/h3-9H,10-11H2,1-2H3,(H,20,25). The molecule has 0 aliphatic rings. The van der Waals surface area contributed by atoms with E-state index in [1.165, 1.54) is 11.8 Å². The molecule has 0 radical (unpaired) electrons. The minimum Gasteiger partial charge on any atom is -0.493 e. The number of amides is 1. The van der Waals surface area contributed by atoms with Gasteiger partial charge in [0.05, 0.1) is 25.7 Å². The molecule has 0 saturated heterocycles. The van der Waals surface area contributed by atoms with E-state index in [0.717, 1.165) is 11.3 Å². The van der Waals surface area contributed by atoms with E-state index in [1.54, 1.807) is 49.2 Å². The van der Waals surface area contributed by atoms with Crippen LogP contribution in [0.2, 0.25) is 5.02 Å². The van der Waals surface area contributed by atoms with Gasteiger partial charge >= 0.3 is 0 Å². The first-order valence-corrected chi connectivity index (χ1v) is 9.62. The van der Waals surface area contributed by atoms with Gasteiger partial charge in [-0.25, -0.2) is 0 Å². The first kappa shape index (κ1) is 20.0. The normalized spacial score (nSPS) is 10.5. The minimum absolute atomic E-state index is 0.134. The molecule has 0 aliphatic heterocycles. The van der Waals surface area contributed by atoms with Gasteiger partial charge in [-0.15, -0.1) is 5.10 Å². The summed E-state index contributed by atoms with van der Waals surface area (Å²) in [5.41, 5.74) is 1.67. The van der Waals surface area contributed by atoms with Crippen molar-refractivity contribution in [3.8, 4) is 17.2 Å². The number of tetrazole rings is 1. The molecule has 1 N–H and O–H groups in total. The Morgan fingerprint density at radius 3 is 2.61 bits per heavy atom. The van der Waals surface area contributed by atoms with Crippen LogP contribution in [0.25, 0.3) is 5.69 Å². The molecule has 10 heteroatoms. The van der Waals surface area contributed by atoms with Crippen LogP contribution in [0.5, 0.6) is 11.5 Å². The average Bonchev–Trinajstić information content (AvgIpc) is 3.19. The zero-order valence-electron chi connectivity index (χ0n) is 15.3. The fourth-order valence-corrected chi connectivity index (χ4v) is 3.23. The maximum Gasteiger partial charge on any atom is 0.230 e. The molecule has 0 saturated carbocycles. The largest absolute Gasteiger partial charge is 0.493 e. The van der Waals surface area contributed by atoms with E-state index in [9.17, 15) is 4.79 Å². The molecule has 0 bridgehead atoms. The van der Waals surface area contributed by atoms with Crippen LogP contribution in [-0.4, -0.2) is 46.1 Å². The van der Waals surface area contributed by atoms with Gasteiger partial charge in [0.25, 0.3) is 0 Å². The van der Waals surface area contributed by atoms with Gasteiger partial charge in [-0.1, -0.05) is 29.4 Å². The third-order valence-electron chi connectivity index (χ3n) is 3.78. The number of carbonyl (C=O) groups excluding carboxylic acids is 1. The smallest absolute Gasteiger partial charge is 0.230 e. The first-order chi connectivity index (χ1) is 13.6. The Hall–Kier alpha value is -2.78. The number of carbonyl (C=O) groups is 1. The van der Waals surface area contributed by atoms with Crippen molar-refractivity contribution in [2.24, 2.45) is 0 Å². The number of nitrogens with one attached hydrogen (secondary N) is 1. The van der Waals surface area contributed by atoms with Crippen LogP contribution < -0.4 is 14.8 Å². The van der Waals surface area contributed by atoms with Crippen molar-refractivity contribution in [2.45, 2.75) is 11.7 Å². The first-order valence-electron chi connectivity index (χ1n) is 8.25. The second-order valence-electron chi connectivity index (χ2n) is 5.60. The van der Waals surface area contributed by atoms with Crippen molar-refractivity contribution < 1.29 is 14.3 Å². The Morgan fingerprint density at radius 2 is 1.89 bits per heavy atom. The highest BCUT2D eigenvalue weighted by Crippen LogP contribution is 2.27. The highest BCUT2D eigenvalue weighted by molar-refractivity contribution is 7.99. The lowest BCUT2D eigenvalue weighted by atomic mass is 10.2. The lowest BCUT2D eigenvalue weighted by Gasteiger charge is -2.10. The summed E-state index contributed by atoms with van der Waals surface area (Å²) in [7, 11) is 3.15. The van der Waals surface area contributed by atoms with E-state index < -0.39 is 0 Å². The van der Waals surface area contributed by atoms with Crippen LogP contribution in [0.1, 0.15) is 5.56 Å². The van der Waals surface area contributed by atoms with Gasteiger partial charge < -0.3 is 14.8 Å². The van der Waals surface area contributed by atoms with Crippen molar-refractivity contribution >= 4 is 29.3 Å². The molecule has 0 unspecified atom stereocenters. The number of ether oxygens (including phenoxy) is 2. The van der Waals surface area contributed by atoms with Crippen molar-refractivity contribution in [3.63, 3.8) is 0 Å². The summed E-state index contributed by atoms with van der Waals surface area (Å²) < 4.78 is 12.0. The molecule has 2 aromatic carbocycles. The average molecular weight is 420 g/mol. The third-order valence-corrected chi connectivity index (χ3v) is 4.95. The van der Waals surface area contributed by atoms with Crippen molar-refractivity contribution in [1.29, 1.82) is 0 Å². The highest BCUT2D eigenvalue weighted by atomic mass is 35.5. The van der Waals surface area contributed by atoms with Gasteiger partial charge in [0, 0.05) is 11.6 Å². The van der Waals surface area contributed by atoms with Gasteiger partial charge in [-0.2, -0.15) is 4.68 Å². The summed E-state index contributed by atoms with van der Waals surface area (Å²) in [4.78, 5) is 12.2. The van der Waals surface area contributed by atoms with Crippen molar-refractivity contribution in [3.05, 3.63) is 53.1 Å². The molecule has 0 spiro atoms. The Morgan fingerprint density at radius 1 is 1.14 bits per heavy atom. The SMILES string of the molecule is COc1ccc(CNC(=O)CSc2nnnn2-c2ccc(Cl)cc2)cc1OC. The van der Waals surface area contributed by atoms with E-state index in [0.29, 0.717) is 28.2 Å². The summed E-state index contributed by atoms with van der Waals surface area (Å²) in [5.74, 6) is 1.31. The van der Waals surface area contributed by atoms with E-state index in [1.807, 2.05) is 12.1 Å². The summed E-state index contributed by atoms with van der Waals surface area (Å²) >= 11 is 7.15. The molecule has 8 nitrogen and oxygen atoms in total. The van der Waals surface area contributed by atoms with Crippen LogP contribution in [0.3, 0.4) is 0 Å². The molecule has 3 aromatic rings. The van der Waals surface area contributed by atoms with E-state index in [-0.39, 0.29) is 11.7 Å². The van der Waals surface area contributed by atoms with Crippen LogP contribution in [-0.2, 0) is 11.3 Å². The number of hydrogen-bond donors (Lipinski definition) is 1. The maximum absolute atomic E-state index is 12.2. The molecule has 1 aromatic heterocycles. The predicted octanol–water partition coefficient (Wildman–Crippen LogP) is 2.74. The van der Waals surface area contributed by atoms with Gasteiger partial charge in [0.15, 0.2) is 11.5 Å². The van der Waals surface area contributed by atoms with Crippen LogP contribution >= 0.6 is 23.4 Å². The summed E-state index contributed by atoms with van der Waals surface area (Å²) in [6.45, 7) is 0.377. The number of thioether (sulfide) groups is 1. The Bertz CT molecular complexity index is 949. The van der Waals surface area contributed by atoms with Gasteiger partial charge in [-0.05, 0) is 52.4 Å². The van der Waals surface area contributed by atoms with Crippen LogP contribution in [0, 0.1) is 0 Å². The number of nitrogens with zero attached hydrogens (tertiary/aromatic N) is 4. The molecular formula is C18H18ClN5O3S. The van der Waals surface area contributed by atoms with E-state index in [2.05, 4.69) is 20.8 Å². The van der Waals surface area contributed by atoms with E-state index in [4.69, 9.17) is 21.1 Å². The molecular weight excluding hydrogens is 402 g/mol. The summed E-state index contributed by atoms with van der Waals surface area (Å²) in [5, 5.41) is 15.6. The lowest BCUT2D eigenvalue weighted by Crippen LogP contribution is -2.24. The number of aromatic nitrogens is 4. The quantitative estimate of drug-likeness (QED) is 0.561. The fourth-order valence-electron chi connectivity index (χ4n) is 2.39. The van der Waals surface area contributed by atoms with Crippen LogP contribution in [0.15, 0.2) is 47.6 Å². The highest BCUT2D eigenvalue weighted by Gasteiger charge is 2.12. The molecule has 1 heterocycles. The third kappa shape index (κ3) is 4.93. The number of hydrogen-bond acceptors (Lipinski definition) is 7. The Labute approximate surface area is 171 Å². The Balaban J connectivity index is 1.56. The fraction of sp³-hybridized carbons (Fsp3) is 0.222. The molecule has 0 atom stereocenters. The zero-order valence-corrected chi connectivity index (χ0v) is 16.8. The maximum atomic E-state index is 12.2. The number of halogens is 1. The van der Waals surface area contributed by atoms with Gasteiger partial charge in [0.1, 0.15) is 0 Å². The summed E-state index contributed by atoms with van der Waals surface area (Å²) in [6.07, 6.45) is 0. The predicted molar refractivity (Wildman–Crippen MR) is 106 cm³/mol. The second kappa shape index (κ2) is 9.43. The second-order valence-corrected chi connectivity index (χ2v) is 6.98. The summed E-state index contributed by atoms with van der Waals surface area (Å²) in [6, 6.07) is 12.6. The lowest BCUT2D eigenvalue weighted by molar-refractivity contribution is -0.118. The van der Waals surface area contributed by atoms with Crippen LogP contribution in [0.4, 0.5) is 0 Å². The van der Waals surface area contributed by atoms with Gasteiger partial charge in [-0.3, -0.25) is 4.79 Å². The van der Waals surface area contributed by atoms with Gasteiger partial charge in [0.2, 0.25) is 11.1 Å². The molecule has 0 fully saturated rings. The molecule has 0 aliphatic carbocycles.